The van der Waals surface area contributed by atoms with Gasteiger partial charge in [-0.2, -0.15) is 0 Å². The zero-order chi connectivity index (χ0) is 18.7. The van der Waals surface area contributed by atoms with Gasteiger partial charge in [-0.3, -0.25) is 0 Å². The van der Waals surface area contributed by atoms with E-state index >= 15 is 0 Å². The topological polar surface area (TPSA) is 52.1 Å². The predicted octanol–water partition coefficient (Wildman–Crippen LogP) is 4.81. The number of fused-ring (bicyclic) bond motifs is 1. The highest BCUT2D eigenvalue weighted by Gasteiger charge is 2.09. The molecule has 0 saturated carbocycles. The average Bonchev–Trinajstić information content (AvgIpc) is 2.60. The fourth-order valence-electron chi connectivity index (χ4n) is 2.70. The monoisotopic (exact) mass is 366 g/mol. The van der Waals surface area contributed by atoms with E-state index in [9.17, 15) is 4.79 Å². The van der Waals surface area contributed by atoms with Crippen molar-refractivity contribution < 1.29 is 9.53 Å². The van der Waals surface area contributed by atoms with Crippen LogP contribution in [0.15, 0.2) is 41.6 Å². The number of thioether (sulfide) groups is 1. The van der Waals surface area contributed by atoms with Gasteiger partial charge in [0.2, 0.25) is 0 Å². The number of benzene rings is 2. The number of aromatic nitrogens is 2. The summed E-state index contributed by atoms with van der Waals surface area (Å²) in [6.45, 7) is 8.46. The van der Waals surface area contributed by atoms with Gasteiger partial charge in [-0.25, -0.2) is 14.8 Å². The first-order valence-corrected chi connectivity index (χ1v) is 9.55. The molecule has 134 valence electrons. The van der Waals surface area contributed by atoms with Crippen molar-refractivity contribution in [2.75, 3.05) is 12.4 Å². The summed E-state index contributed by atoms with van der Waals surface area (Å²) in [5.74, 6) is 0.323. The smallest absolute Gasteiger partial charge is 0.338 e. The zero-order valence-electron chi connectivity index (χ0n) is 15.5. The minimum Gasteiger partial charge on any atom is -0.461 e. The normalized spacial score (nSPS) is 10.9. The summed E-state index contributed by atoms with van der Waals surface area (Å²) in [4.78, 5) is 21.2. The van der Waals surface area contributed by atoms with Gasteiger partial charge in [0, 0.05) is 16.8 Å². The quantitative estimate of drug-likeness (QED) is 0.281. The highest BCUT2D eigenvalue weighted by atomic mass is 32.2. The number of ether oxygens (including phenoxy) is 1. The third kappa shape index (κ3) is 4.22. The molecule has 1 aromatic heterocycles. The van der Waals surface area contributed by atoms with Crippen molar-refractivity contribution >= 4 is 28.6 Å². The van der Waals surface area contributed by atoms with Gasteiger partial charge < -0.3 is 4.74 Å². The van der Waals surface area contributed by atoms with Crippen LogP contribution in [0.5, 0.6) is 0 Å². The number of esters is 1. The van der Waals surface area contributed by atoms with Gasteiger partial charge in [0.25, 0.3) is 0 Å². The van der Waals surface area contributed by atoms with Crippen molar-refractivity contribution in [3.05, 3.63) is 64.3 Å². The van der Waals surface area contributed by atoms with Gasteiger partial charge in [0.1, 0.15) is 6.61 Å². The number of carbonyl (C=O) groups excluding carboxylic acids is 1. The summed E-state index contributed by atoms with van der Waals surface area (Å²) >= 11 is 1.50. The van der Waals surface area contributed by atoms with Gasteiger partial charge in [-0.15, -0.1) is 0 Å². The van der Waals surface area contributed by atoms with Crippen molar-refractivity contribution in [3.8, 4) is 0 Å². The number of carbonyl (C=O) groups is 1. The van der Waals surface area contributed by atoms with E-state index in [-0.39, 0.29) is 5.97 Å². The molecule has 0 aliphatic carbocycles. The van der Waals surface area contributed by atoms with Gasteiger partial charge in [-0.05, 0) is 63.1 Å². The Balaban J connectivity index is 1.61. The first-order valence-electron chi connectivity index (χ1n) is 8.56. The molecule has 2 aromatic carbocycles. The van der Waals surface area contributed by atoms with Gasteiger partial charge in [0.05, 0.1) is 11.1 Å². The van der Waals surface area contributed by atoms with E-state index in [0.717, 1.165) is 22.2 Å². The summed E-state index contributed by atoms with van der Waals surface area (Å²) in [5.41, 5.74) is 6.02. The molecule has 5 heteroatoms. The average molecular weight is 366 g/mol. The molecule has 26 heavy (non-hydrogen) atoms. The van der Waals surface area contributed by atoms with Crippen molar-refractivity contribution in [2.24, 2.45) is 0 Å². The molecule has 0 spiro atoms. The summed E-state index contributed by atoms with van der Waals surface area (Å²) < 4.78 is 5.34. The van der Waals surface area contributed by atoms with Gasteiger partial charge in [-0.1, -0.05) is 29.5 Å². The van der Waals surface area contributed by atoms with Crippen LogP contribution < -0.4 is 0 Å². The fraction of sp³-hybridized carbons (Fsp3) is 0.286. The summed E-state index contributed by atoms with van der Waals surface area (Å²) in [6.07, 6.45) is 0. The van der Waals surface area contributed by atoms with Crippen LogP contribution in [-0.4, -0.2) is 28.3 Å². The Hall–Kier alpha value is -2.40. The molecule has 0 amide bonds. The molecule has 0 fully saturated rings. The van der Waals surface area contributed by atoms with E-state index in [0.29, 0.717) is 23.1 Å². The standard InChI is InChI=1S/C21H22N2O2S/c1-13-6-5-7-17(10-13)20(24)25-8-9-26-21-22-16(4)18-11-14(2)15(3)12-19(18)23-21/h5-7,10-12H,8-9H2,1-4H3. The molecule has 3 rings (SSSR count). The van der Waals surface area contributed by atoms with Crippen molar-refractivity contribution in [2.45, 2.75) is 32.9 Å². The molecule has 4 nitrogen and oxygen atoms in total. The minimum absolute atomic E-state index is 0.295. The lowest BCUT2D eigenvalue weighted by molar-refractivity contribution is 0.0530. The van der Waals surface area contributed by atoms with Crippen molar-refractivity contribution in [3.63, 3.8) is 0 Å². The first kappa shape index (κ1) is 18.4. The Kier molecular flexibility index (Phi) is 5.57. The minimum atomic E-state index is -0.295. The highest BCUT2D eigenvalue weighted by Crippen LogP contribution is 2.23. The predicted molar refractivity (Wildman–Crippen MR) is 106 cm³/mol. The Morgan fingerprint density at radius 2 is 1.81 bits per heavy atom. The van der Waals surface area contributed by atoms with Crippen LogP contribution in [0.3, 0.4) is 0 Å². The largest absolute Gasteiger partial charge is 0.461 e. The number of hydrogen-bond acceptors (Lipinski definition) is 5. The summed E-state index contributed by atoms with van der Waals surface area (Å²) in [6, 6.07) is 11.6. The Morgan fingerprint density at radius 3 is 2.58 bits per heavy atom. The van der Waals surface area contributed by atoms with Crippen LogP contribution >= 0.6 is 11.8 Å². The van der Waals surface area contributed by atoms with E-state index in [1.807, 2.05) is 32.0 Å². The molecule has 0 bridgehead atoms. The fourth-order valence-corrected chi connectivity index (χ4v) is 3.42. The van der Waals surface area contributed by atoms with Crippen LogP contribution in [0.4, 0.5) is 0 Å². The SMILES string of the molecule is Cc1cccc(C(=O)OCCSc2nc(C)c3cc(C)c(C)cc3n2)c1. The Bertz CT molecular complexity index is 970. The molecule has 0 aliphatic rings. The molecule has 0 radical (unpaired) electrons. The second-order valence-corrected chi connectivity index (χ2v) is 7.46. The maximum Gasteiger partial charge on any atom is 0.338 e. The van der Waals surface area contributed by atoms with Crippen LogP contribution in [0.2, 0.25) is 0 Å². The lowest BCUT2D eigenvalue weighted by Crippen LogP contribution is -2.08. The van der Waals surface area contributed by atoms with E-state index in [4.69, 9.17) is 4.74 Å². The van der Waals surface area contributed by atoms with Crippen molar-refractivity contribution in [1.29, 1.82) is 0 Å². The number of rotatable bonds is 5. The molecule has 1 heterocycles. The summed E-state index contributed by atoms with van der Waals surface area (Å²) in [5, 5.41) is 1.80. The molecule has 0 unspecified atom stereocenters. The van der Waals surface area contributed by atoms with Crippen LogP contribution in [0.25, 0.3) is 10.9 Å². The molecule has 3 aromatic rings. The molecular formula is C21H22N2O2S. The first-order chi connectivity index (χ1) is 12.4. The van der Waals surface area contributed by atoms with Gasteiger partial charge >= 0.3 is 5.97 Å². The van der Waals surface area contributed by atoms with Crippen molar-refractivity contribution in [1.82, 2.24) is 9.97 Å². The highest BCUT2D eigenvalue weighted by molar-refractivity contribution is 7.99. The number of nitrogens with zero attached hydrogens (tertiary/aromatic N) is 2. The molecule has 0 saturated heterocycles. The number of aryl methyl sites for hydroxylation is 4. The molecular weight excluding hydrogens is 344 g/mol. The molecule has 0 atom stereocenters. The van der Waals surface area contributed by atoms with Crippen LogP contribution in [-0.2, 0) is 4.74 Å². The molecule has 0 N–H and O–H groups in total. The Labute approximate surface area is 158 Å². The zero-order valence-corrected chi connectivity index (χ0v) is 16.3. The van der Waals surface area contributed by atoms with E-state index < -0.39 is 0 Å². The number of hydrogen-bond donors (Lipinski definition) is 0. The Morgan fingerprint density at radius 1 is 1.04 bits per heavy atom. The van der Waals surface area contributed by atoms with Crippen LogP contribution in [0, 0.1) is 27.7 Å². The second kappa shape index (κ2) is 7.87. The van der Waals surface area contributed by atoms with E-state index in [1.54, 1.807) is 6.07 Å². The maximum atomic E-state index is 12.0. The second-order valence-electron chi connectivity index (χ2n) is 6.40. The van der Waals surface area contributed by atoms with Crippen LogP contribution in [0.1, 0.15) is 32.7 Å². The third-order valence-corrected chi connectivity index (χ3v) is 5.09. The maximum absolute atomic E-state index is 12.0. The lowest BCUT2D eigenvalue weighted by Gasteiger charge is -2.08. The van der Waals surface area contributed by atoms with Gasteiger partial charge in [0.15, 0.2) is 5.16 Å². The lowest BCUT2D eigenvalue weighted by atomic mass is 10.1. The van der Waals surface area contributed by atoms with E-state index in [1.165, 1.54) is 22.9 Å². The molecule has 0 aliphatic heterocycles. The third-order valence-electron chi connectivity index (χ3n) is 4.28. The summed E-state index contributed by atoms with van der Waals surface area (Å²) in [7, 11) is 0. The van der Waals surface area contributed by atoms with E-state index in [2.05, 4.69) is 35.9 Å².